The maximum Gasteiger partial charge on any atom is 0.323 e. The summed E-state index contributed by atoms with van der Waals surface area (Å²) in [5.41, 5.74) is 2.13. The van der Waals surface area contributed by atoms with E-state index in [0.29, 0.717) is 28.0 Å². The summed E-state index contributed by atoms with van der Waals surface area (Å²) in [6.45, 7) is 1.41. The Hall–Kier alpha value is -3.35. The number of hydrogen-bond acceptors (Lipinski definition) is 3. The quantitative estimate of drug-likeness (QED) is 0.595. The van der Waals surface area contributed by atoms with Crippen LogP contribution >= 0.6 is 0 Å². The smallest absolute Gasteiger partial charge is 0.323 e. The maximum atomic E-state index is 12.4. The van der Waals surface area contributed by atoms with Gasteiger partial charge in [-0.1, -0.05) is 12.1 Å². The molecule has 0 radical (unpaired) electrons. The van der Waals surface area contributed by atoms with Gasteiger partial charge in [-0.2, -0.15) is 0 Å². The number of anilines is 2. The molecule has 0 aliphatic heterocycles. The Morgan fingerprint density at radius 2 is 1.65 bits per heavy atom. The van der Waals surface area contributed by atoms with E-state index in [-0.39, 0.29) is 17.5 Å². The number of amides is 2. The Morgan fingerprint density at radius 1 is 0.957 bits per heavy atom. The lowest BCUT2D eigenvalue weighted by Crippen LogP contribution is -2.13. The van der Waals surface area contributed by atoms with Gasteiger partial charge in [0.05, 0.1) is 16.6 Å². The van der Waals surface area contributed by atoms with Gasteiger partial charge in [-0.25, -0.2) is 4.79 Å². The number of carbonyl (C=O) groups excluding carboxylic acids is 2. The first-order valence-corrected chi connectivity index (χ1v) is 6.93. The van der Waals surface area contributed by atoms with E-state index < -0.39 is 0 Å². The van der Waals surface area contributed by atoms with Crippen LogP contribution in [0.4, 0.5) is 11.4 Å². The van der Waals surface area contributed by atoms with E-state index in [2.05, 4.69) is 20.6 Å². The van der Waals surface area contributed by atoms with Gasteiger partial charge in [-0.05, 0) is 30.3 Å². The largest absolute Gasteiger partial charge is 0.326 e. The van der Waals surface area contributed by atoms with Crippen LogP contribution in [0.5, 0.6) is 0 Å². The van der Waals surface area contributed by atoms with Crippen molar-refractivity contribution in [1.29, 1.82) is 0 Å². The second kappa shape index (κ2) is 5.80. The molecular formula is C16H14N4O3. The number of rotatable bonds is 3. The van der Waals surface area contributed by atoms with Crippen LogP contribution < -0.4 is 16.3 Å². The first-order chi connectivity index (χ1) is 11.0. The van der Waals surface area contributed by atoms with Crippen LogP contribution in [0.15, 0.2) is 47.3 Å². The maximum absolute atomic E-state index is 12.4. The number of H-pyrrole nitrogens is 2. The van der Waals surface area contributed by atoms with Gasteiger partial charge in [0.2, 0.25) is 5.91 Å². The highest BCUT2D eigenvalue weighted by atomic mass is 16.2. The normalized spacial score (nSPS) is 10.5. The molecule has 0 saturated heterocycles. The number of fused-ring (bicyclic) bond motifs is 1. The lowest BCUT2D eigenvalue weighted by molar-refractivity contribution is -0.114. The third kappa shape index (κ3) is 3.13. The zero-order valence-corrected chi connectivity index (χ0v) is 12.3. The number of imidazole rings is 1. The minimum absolute atomic E-state index is 0.192. The average Bonchev–Trinajstić information content (AvgIpc) is 2.86. The highest BCUT2D eigenvalue weighted by Gasteiger charge is 2.12. The summed E-state index contributed by atoms with van der Waals surface area (Å²) >= 11 is 0. The van der Waals surface area contributed by atoms with Crippen molar-refractivity contribution in [3.05, 3.63) is 58.5 Å². The van der Waals surface area contributed by atoms with E-state index in [0.717, 1.165) is 0 Å². The van der Waals surface area contributed by atoms with Crippen LogP contribution in [0, 0.1) is 0 Å². The molecule has 1 heterocycles. The summed E-state index contributed by atoms with van der Waals surface area (Å²) in [4.78, 5) is 40.1. The van der Waals surface area contributed by atoms with Crippen molar-refractivity contribution in [2.45, 2.75) is 6.92 Å². The fourth-order valence-electron chi connectivity index (χ4n) is 2.32. The molecule has 0 spiro atoms. The zero-order chi connectivity index (χ0) is 16.4. The van der Waals surface area contributed by atoms with Gasteiger partial charge >= 0.3 is 5.69 Å². The molecule has 23 heavy (non-hydrogen) atoms. The summed E-state index contributed by atoms with van der Waals surface area (Å²) in [7, 11) is 0. The number of hydrogen-bond donors (Lipinski definition) is 4. The van der Waals surface area contributed by atoms with Crippen LogP contribution in [0.3, 0.4) is 0 Å². The fourth-order valence-corrected chi connectivity index (χ4v) is 2.32. The fraction of sp³-hybridized carbons (Fsp3) is 0.0625. The molecule has 0 aliphatic carbocycles. The topological polar surface area (TPSA) is 107 Å². The van der Waals surface area contributed by atoms with Gasteiger partial charge in [0.25, 0.3) is 5.91 Å². The second-order valence-electron chi connectivity index (χ2n) is 5.02. The number of nitrogens with one attached hydrogen (secondary N) is 4. The Kier molecular flexibility index (Phi) is 3.68. The standard InChI is InChI=1S/C16H14N4O3/c1-9(21)17-10-4-2-5-11(8-10)18-15(22)12-6-3-7-13-14(12)20-16(23)19-13/h2-8H,1H3,(H,17,21)(H,18,22)(H2,19,20,23). The SMILES string of the molecule is CC(=O)Nc1cccc(NC(=O)c2cccc3[nH]c(=O)[nH]c23)c1. The van der Waals surface area contributed by atoms with Crippen molar-refractivity contribution < 1.29 is 9.59 Å². The highest BCUT2D eigenvalue weighted by molar-refractivity contribution is 6.11. The monoisotopic (exact) mass is 310 g/mol. The summed E-state index contributed by atoms with van der Waals surface area (Å²) in [5.74, 6) is -0.547. The molecule has 2 aromatic carbocycles. The Morgan fingerprint density at radius 3 is 2.39 bits per heavy atom. The predicted molar refractivity (Wildman–Crippen MR) is 87.6 cm³/mol. The molecule has 0 fully saturated rings. The zero-order valence-electron chi connectivity index (χ0n) is 12.3. The molecule has 4 N–H and O–H groups in total. The van der Waals surface area contributed by atoms with Gasteiger partial charge in [-0.3, -0.25) is 9.59 Å². The highest BCUT2D eigenvalue weighted by Crippen LogP contribution is 2.18. The molecule has 3 rings (SSSR count). The lowest BCUT2D eigenvalue weighted by atomic mass is 10.1. The first kappa shape index (κ1) is 14.6. The van der Waals surface area contributed by atoms with Gasteiger partial charge in [0.15, 0.2) is 0 Å². The van der Waals surface area contributed by atoms with Gasteiger partial charge in [0, 0.05) is 18.3 Å². The molecule has 3 aromatic rings. The van der Waals surface area contributed by atoms with E-state index in [1.807, 2.05) is 0 Å². The number of carbonyl (C=O) groups is 2. The van der Waals surface area contributed by atoms with Crippen molar-refractivity contribution in [3.63, 3.8) is 0 Å². The molecule has 0 saturated carbocycles. The van der Waals surface area contributed by atoms with Crippen LogP contribution in [-0.4, -0.2) is 21.8 Å². The first-order valence-electron chi connectivity index (χ1n) is 6.93. The van der Waals surface area contributed by atoms with Crippen LogP contribution in [0.2, 0.25) is 0 Å². The third-order valence-electron chi connectivity index (χ3n) is 3.24. The minimum Gasteiger partial charge on any atom is -0.326 e. The Bertz CT molecular complexity index is 955. The molecule has 0 atom stereocenters. The van der Waals surface area contributed by atoms with E-state index in [1.165, 1.54) is 6.92 Å². The van der Waals surface area contributed by atoms with E-state index in [4.69, 9.17) is 0 Å². The Balaban J connectivity index is 1.89. The summed E-state index contributed by atoms with van der Waals surface area (Å²) < 4.78 is 0. The summed E-state index contributed by atoms with van der Waals surface area (Å²) in [6, 6.07) is 11.8. The predicted octanol–water partition coefficient (Wildman–Crippen LogP) is 2.07. The van der Waals surface area contributed by atoms with Crippen molar-refractivity contribution >= 4 is 34.2 Å². The molecule has 2 amide bonds. The molecule has 7 nitrogen and oxygen atoms in total. The molecular weight excluding hydrogens is 296 g/mol. The molecule has 0 bridgehead atoms. The summed E-state index contributed by atoms with van der Waals surface area (Å²) in [6.07, 6.45) is 0. The lowest BCUT2D eigenvalue weighted by Gasteiger charge is -2.08. The van der Waals surface area contributed by atoms with Gasteiger partial charge in [0.1, 0.15) is 0 Å². The van der Waals surface area contributed by atoms with E-state index in [9.17, 15) is 14.4 Å². The van der Waals surface area contributed by atoms with Gasteiger partial charge < -0.3 is 20.6 Å². The van der Waals surface area contributed by atoms with E-state index in [1.54, 1.807) is 42.5 Å². The molecule has 0 aliphatic rings. The number of aromatic nitrogens is 2. The third-order valence-corrected chi connectivity index (χ3v) is 3.24. The van der Waals surface area contributed by atoms with E-state index >= 15 is 0 Å². The van der Waals surface area contributed by atoms with Crippen molar-refractivity contribution in [2.24, 2.45) is 0 Å². The van der Waals surface area contributed by atoms with Crippen molar-refractivity contribution in [2.75, 3.05) is 10.6 Å². The number of para-hydroxylation sites is 1. The molecule has 0 unspecified atom stereocenters. The van der Waals surface area contributed by atoms with Crippen LogP contribution in [0.25, 0.3) is 11.0 Å². The molecule has 7 heteroatoms. The van der Waals surface area contributed by atoms with Crippen molar-refractivity contribution in [1.82, 2.24) is 9.97 Å². The molecule has 116 valence electrons. The number of aromatic amines is 2. The van der Waals surface area contributed by atoms with Crippen LogP contribution in [0.1, 0.15) is 17.3 Å². The number of benzene rings is 2. The van der Waals surface area contributed by atoms with Crippen LogP contribution in [-0.2, 0) is 4.79 Å². The Labute approximate surface area is 130 Å². The second-order valence-corrected chi connectivity index (χ2v) is 5.02. The van der Waals surface area contributed by atoms with Gasteiger partial charge in [-0.15, -0.1) is 0 Å². The summed E-state index contributed by atoms with van der Waals surface area (Å²) in [5, 5.41) is 5.40. The average molecular weight is 310 g/mol. The minimum atomic E-state index is -0.368. The molecule has 1 aromatic heterocycles. The van der Waals surface area contributed by atoms with Crippen molar-refractivity contribution in [3.8, 4) is 0 Å².